The first-order chi connectivity index (χ1) is 12.6. The van der Waals surface area contributed by atoms with E-state index in [9.17, 15) is 9.59 Å². The number of urea groups is 1. The second-order valence-electron chi connectivity index (χ2n) is 6.77. The molecule has 0 spiro atoms. The molecule has 6 heteroatoms. The Morgan fingerprint density at radius 2 is 1.96 bits per heavy atom. The second-order valence-corrected chi connectivity index (χ2v) is 6.77. The smallest absolute Gasteiger partial charge is 0.338 e. The minimum Gasteiger partial charge on any atom is -0.493 e. The first kappa shape index (κ1) is 18.3. The van der Waals surface area contributed by atoms with Crippen LogP contribution in [-0.2, 0) is 9.53 Å². The summed E-state index contributed by atoms with van der Waals surface area (Å²) >= 11 is 0. The lowest BCUT2D eigenvalue weighted by Gasteiger charge is -2.29. The van der Waals surface area contributed by atoms with Crippen molar-refractivity contribution in [3.05, 3.63) is 41.1 Å². The van der Waals surface area contributed by atoms with E-state index in [1.54, 1.807) is 6.92 Å². The van der Waals surface area contributed by atoms with Crippen LogP contribution in [0.2, 0.25) is 0 Å². The maximum absolute atomic E-state index is 12.9. The fraction of sp³-hybridized carbons (Fsp3) is 0.500. The lowest BCUT2D eigenvalue weighted by Crippen LogP contribution is -2.45. The number of benzene rings is 1. The number of rotatable bonds is 6. The second kappa shape index (κ2) is 8.25. The van der Waals surface area contributed by atoms with Crippen LogP contribution in [0.5, 0.6) is 5.75 Å². The minimum absolute atomic E-state index is 0.0346. The normalized spacial score (nSPS) is 20.5. The van der Waals surface area contributed by atoms with Crippen molar-refractivity contribution < 1.29 is 19.1 Å². The summed E-state index contributed by atoms with van der Waals surface area (Å²) in [7, 11) is 0. The van der Waals surface area contributed by atoms with Gasteiger partial charge in [0, 0.05) is 11.3 Å². The van der Waals surface area contributed by atoms with Crippen LogP contribution in [0, 0.1) is 0 Å². The Kier molecular flexibility index (Phi) is 5.81. The summed E-state index contributed by atoms with van der Waals surface area (Å²) in [6, 6.07) is 6.55. The van der Waals surface area contributed by atoms with Crippen LogP contribution in [0.4, 0.5) is 4.79 Å². The number of nitrogens with one attached hydrogen (secondary N) is 2. The summed E-state index contributed by atoms with van der Waals surface area (Å²) in [6.45, 7) is 4.33. The molecule has 3 rings (SSSR count). The van der Waals surface area contributed by atoms with Gasteiger partial charge in [0.05, 0.1) is 18.2 Å². The first-order valence-electron chi connectivity index (χ1n) is 9.31. The molecule has 1 aliphatic carbocycles. The third-order valence-corrected chi connectivity index (χ3v) is 4.76. The Hall–Kier alpha value is -2.50. The minimum atomic E-state index is -0.592. The molecule has 1 aromatic carbocycles. The Labute approximate surface area is 153 Å². The Morgan fingerprint density at radius 1 is 1.23 bits per heavy atom. The average Bonchev–Trinajstić information content (AvgIpc) is 3.12. The third-order valence-electron chi connectivity index (χ3n) is 4.76. The van der Waals surface area contributed by atoms with Gasteiger partial charge >= 0.3 is 12.0 Å². The lowest BCUT2D eigenvalue weighted by atomic mass is 9.94. The van der Waals surface area contributed by atoms with Crippen molar-refractivity contribution in [3.63, 3.8) is 0 Å². The molecule has 6 nitrogen and oxygen atoms in total. The van der Waals surface area contributed by atoms with Crippen LogP contribution in [0.15, 0.2) is 35.5 Å². The highest BCUT2D eigenvalue weighted by Crippen LogP contribution is 2.34. The summed E-state index contributed by atoms with van der Waals surface area (Å²) in [6.07, 6.45) is 4.81. The molecule has 1 fully saturated rings. The number of para-hydroxylation sites is 1. The lowest BCUT2D eigenvalue weighted by molar-refractivity contribution is -0.144. The van der Waals surface area contributed by atoms with Gasteiger partial charge in [-0.1, -0.05) is 25.1 Å². The van der Waals surface area contributed by atoms with Crippen molar-refractivity contribution in [1.82, 2.24) is 10.6 Å². The van der Waals surface area contributed by atoms with Crippen LogP contribution in [0.3, 0.4) is 0 Å². The molecule has 1 aliphatic heterocycles. The van der Waals surface area contributed by atoms with Gasteiger partial charge in [-0.05, 0) is 45.1 Å². The number of carbonyl (C=O) groups is 2. The van der Waals surface area contributed by atoms with Crippen LogP contribution in [-0.4, -0.2) is 24.7 Å². The maximum Gasteiger partial charge on any atom is 0.338 e. The number of amides is 2. The van der Waals surface area contributed by atoms with E-state index >= 15 is 0 Å². The summed E-state index contributed by atoms with van der Waals surface area (Å²) in [5, 5.41) is 5.53. The predicted octanol–water partition coefficient (Wildman–Crippen LogP) is 3.59. The van der Waals surface area contributed by atoms with E-state index in [0.29, 0.717) is 23.6 Å². The van der Waals surface area contributed by atoms with E-state index < -0.39 is 6.04 Å². The van der Waals surface area contributed by atoms with Gasteiger partial charge in [0.15, 0.2) is 0 Å². The van der Waals surface area contributed by atoms with Gasteiger partial charge in [-0.2, -0.15) is 0 Å². The number of hydrogen-bond donors (Lipinski definition) is 2. The van der Waals surface area contributed by atoms with Crippen molar-refractivity contribution >= 4 is 12.0 Å². The molecule has 2 amide bonds. The van der Waals surface area contributed by atoms with Gasteiger partial charge in [-0.3, -0.25) is 0 Å². The number of allylic oxidation sites excluding steroid dienone is 1. The molecule has 1 atom stereocenters. The van der Waals surface area contributed by atoms with Gasteiger partial charge in [-0.15, -0.1) is 0 Å². The largest absolute Gasteiger partial charge is 0.493 e. The molecule has 2 N–H and O–H groups in total. The summed E-state index contributed by atoms with van der Waals surface area (Å²) in [4.78, 5) is 24.9. The van der Waals surface area contributed by atoms with Crippen LogP contribution >= 0.6 is 0 Å². The van der Waals surface area contributed by atoms with E-state index in [0.717, 1.165) is 37.7 Å². The van der Waals surface area contributed by atoms with Gasteiger partial charge < -0.3 is 20.1 Å². The van der Waals surface area contributed by atoms with E-state index in [4.69, 9.17) is 9.47 Å². The summed E-state index contributed by atoms with van der Waals surface area (Å²) < 4.78 is 11.5. The monoisotopic (exact) mass is 358 g/mol. The summed E-state index contributed by atoms with van der Waals surface area (Å²) in [5.74, 6) is 0.290. The fourth-order valence-electron chi connectivity index (χ4n) is 3.48. The molecule has 1 aromatic rings. The average molecular weight is 358 g/mol. The quantitative estimate of drug-likeness (QED) is 0.762. The van der Waals surface area contributed by atoms with Gasteiger partial charge in [-0.25, -0.2) is 9.59 Å². The molecule has 26 heavy (non-hydrogen) atoms. The van der Waals surface area contributed by atoms with Crippen LogP contribution in [0.25, 0.3) is 0 Å². The summed E-state index contributed by atoms with van der Waals surface area (Å²) in [5.41, 5.74) is 1.71. The zero-order valence-electron chi connectivity index (χ0n) is 15.3. The van der Waals surface area contributed by atoms with E-state index in [-0.39, 0.29) is 18.1 Å². The Bertz CT molecular complexity index is 708. The number of ether oxygens (including phenoxy) is 2. The van der Waals surface area contributed by atoms with E-state index in [1.807, 2.05) is 31.2 Å². The van der Waals surface area contributed by atoms with E-state index in [2.05, 4.69) is 10.6 Å². The molecule has 1 saturated carbocycles. The number of carbonyl (C=O) groups excluding carboxylic acids is 2. The Balaban J connectivity index is 1.91. The molecular formula is C20H26N2O4. The van der Waals surface area contributed by atoms with Crippen LogP contribution in [0.1, 0.15) is 57.6 Å². The van der Waals surface area contributed by atoms with Crippen molar-refractivity contribution in [3.8, 4) is 5.75 Å². The SMILES string of the molecule is CCCOc1ccccc1C1NC(=O)NC(C)=C1C(=O)OC1CCCC1. The highest BCUT2D eigenvalue weighted by molar-refractivity contribution is 5.95. The molecule has 2 aliphatic rings. The van der Waals surface area contributed by atoms with E-state index in [1.165, 1.54) is 0 Å². The standard InChI is InChI=1S/C20H26N2O4/c1-3-12-25-16-11-7-6-10-15(16)18-17(13(2)21-20(24)22-18)19(23)26-14-8-4-5-9-14/h6-7,10-11,14,18H,3-5,8-9,12H2,1-2H3,(H2,21,22,24). The van der Waals surface area contributed by atoms with Crippen molar-refractivity contribution in [1.29, 1.82) is 0 Å². The Morgan fingerprint density at radius 3 is 2.69 bits per heavy atom. The van der Waals surface area contributed by atoms with Crippen molar-refractivity contribution in [2.75, 3.05) is 6.61 Å². The maximum atomic E-state index is 12.9. The molecule has 1 unspecified atom stereocenters. The topological polar surface area (TPSA) is 76.7 Å². The number of hydrogen-bond acceptors (Lipinski definition) is 4. The molecule has 0 radical (unpaired) electrons. The zero-order valence-corrected chi connectivity index (χ0v) is 15.3. The fourth-order valence-corrected chi connectivity index (χ4v) is 3.48. The van der Waals surface area contributed by atoms with Crippen molar-refractivity contribution in [2.24, 2.45) is 0 Å². The van der Waals surface area contributed by atoms with Crippen LogP contribution < -0.4 is 15.4 Å². The predicted molar refractivity (Wildman–Crippen MR) is 97.7 cm³/mol. The zero-order chi connectivity index (χ0) is 18.5. The van der Waals surface area contributed by atoms with Gasteiger partial charge in [0.1, 0.15) is 11.9 Å². The van der Waals surface area contributed by atoms with Gasteiger partial charge in [0.2, 0.25) is 0 Å². The first-order valence-corrected chi connectivity index (χ1v) is 9.31. The third kappa shape index (κ3) is 4.00. The molecule has 0 aromatic heterocycles. The number of esters is 1. The van der Waals surface area contributed by atoms with Gasteiger partial charge in [0.25, 0.3) is 0 Å². The highest BCUT2D eigenvalue weighted by Gasteiger charge is 2.35. The molecular weight excluding hydrogens is 332 g/mol. The van der Waals surface area contributed by atoms with Crippen molar-refractivity contribution in [2.45, 2.75) is 58.1 Å². The molecule has 0 bridgehead atoms. The highest BCUT2D eigenvalue weighted by atomic mass is 16.5. The molecule has 140 valence electrons. The molecule has 1 heterocycles. The molecule has 0 saturated heterocycles.